The van der Waals surface area contributed by atoms with E-state index in [1.807, 2.05) is 24.3 Å². The Morgan fingerprint density at radius 1 is 0.952 bits per heavy atom. The first-order valence-electron chi connectivity index (χ1n) is 7.03. The van der Waals surface area contributed by atoms with Gasteiger partial charge in [0, 0.05) is 19.6 Å². The highest BCUT2D eigenvalue weighted by Crippen LogP contribution is 2.17. The molecule has 4 rings (SSSR count). The molecule has 0 atom stereocenters. The SMILES string of the molecule is c1ccc2nc(NCc3ccc4c(c3)CNC4)nnc2c1. The Balaban J connectivity index is 1.52. The Morgan fingerprint density at radius 3 is 2.76 bits per heavy atom. The smallest absolute Gasteiger partial charge is 0.243 e. The molecule has 2 aromatic carbocycles. The average molecular weight is 277 g/mol. The molecule has 0 aliphatic carbocycles. The summed E-state index contributed by atoms with van der Waals surface area (Å²) in [5.74, 6) is 0.562. The van der Waals surface area contributed by atoms with Crippen molar-refractivity contribution in [1.82, 2.24) is 20.5 Å². The maximum absolute atomic E-state index is 4.47. The summed E-state index contributed by atoms with van der Waals surface area (Å²) in [7, 11) is 0. The van der Waals surface area contributed by atoms with E-state index < -0.39 is 0 Å². The van der Waals surface area contributed by atoms with Crippen LogP contribution in [0.15, 0.2) is 42.5 Å². The van der Waals surface area contributed by atoms with Gasteiger partial charge in [0.15, 0.2) is 0 Å². The van der Waals surface area contributed by atoms with Crippen LogP contribution in [0.4, 0.5) is 5.95 Å². The zero-order valence-electron chi connectivity index (χ0n) is 11.5. The van der Waals surface area contributed by atoms with Crippen molar-refractivity contribution in [2.24, 2.45) is 0 Å². The van der Waals surface area contributed by atoms with Gasteiger partial charge in [-0.25, -0.2) is 4.98 Å². The first-order valence-corrected chi connectivity index (χ1v) is 7.03. The lowest BCUT2D eigenvalue weighted by atomic mass is 10.1. The lowest BCUT2D eigenvalue weighted by Gasteiger charge is -2.06. The number of anilines is 1. The molecule has 2 N–H and O–H groups in total. The molecular formula is C16H15N5. The first kappa shape index (κ1) is 12.2. The molecule has 0 amide bonds. The zero-order valence-corrected chi connectivity index (χ0v) is 11.5. The standard InChI is InChI=1S/C16H15N5/c1-2-4-15-14(3-1)19-16(21-20-15)18-8-11-5-6-12-9-17-10-13(12)7-11/h1-7,17H,8-10H2,(H,18,19,21). The van der Waals surface area contributed by atoms with Crippen molar-refractivity contribution in [3.05, 3.63) is 59.2 Å². The highest BCUT2D eigenvalue weighted by Gasteiger charge is 2.10. The molecular weight excluding hydrogens is 262 g/mol. The summed E-state index contributed by atoms with van der Waals surface area (Å²) in [6, 6.07) is 14.3. The number of hydrogen-bond acceptors (Lipinski definition) is 5. The van der Waals surface area contributed by atoms with Gasteiger partial charge in [-0.05, 0) is 28.8 Å². The summed E-state index contributed by atoms with van der Waals surface area (Å²) in [6.45, 7) is 2.63. The van der Waals surface area contributed by atoms with Gasteiger partial charge in [0.25, 0.3) is 0 Å². The number of fused-ring (bicyclic) bond motifs is 2. The minimum absolute atomic E-state index is 0.562. The molecule has 5 heteroatoms. The van der Waals surface area contributed by atoms with Gasteiger partial charge in [-0.2, -0.15) is 0 Å². The molecule has 1 aliphatic rings. The first-order chi connectivity index (χ1) is 10.4. The molecule has 0 saturated carbocycles. The Labute approximate surface area is 122 Å². The van der Waals surface area contributed by atoms with Crippen molar-refractivity contribution in [1.29, 1.82) is 0 Å². The summed E-state index contributed by atoms with van der Waals surface area (Å²) in [5.41, 5.74) is 5.67. The second kappa shape index (κ2) is 5.10. The van der Waals surface area contributed by atoms with E-state index in [0.29, 0.717) is 12.5 Å². The van der Waals surface area contributed by atoms with Crippen molar-refractivity contribution >= 4 is 17.0 Å². The third-order valence-corrected chi connectivity index (χ3v) is 3.71. The van der Waals surface area contributed by atoms with Crippen molar-refractivity contribution in [2.45, 2.75) is 19.6 Å². The molecule has 0 spiro atoms. The quantitative estimate of drug-likeness (QED) is 0.768. The second-order valence-corrected chi connectivity index (χ2v) is 5.18. The van der Waals surface area contributed by atoms with E-state index >= 15 is 0 Å². The van der Waals surface area contributed by atoms with E-state index in [4.69, 9.17) is 0 Å². The fourth-order valence-electron chi connectivity index (χ4n) is 2.60. The fourth-order valence-corrected chi connectivity index (χ4v) is 2.60. The van der Waals surface area contributed by atoms with Crippen LogP contribution in [-0.2, 0) is 19.6 Å². The van der Waals surface area contributed by atoms with E-state index in [2.05, 4.69) is 44.0 Å². The highest BCUT2D eigenvalue weighted by atomic mass is 15.2. The van der Waals surface area contributed by atoms with E-state index in [0.717, 1.165) is 24.1 Å². The largest absolute Gasteiger partial charge is 0.349 e. The van der Waals surface area contributed by atoms with E-state index in [-0.39, 0.29) is 0 Å². The predicted octanol–water partition coefficient (Wildman–Crippen LogP) is 2.24. The van der Waals surface area contributed by atoms with Gasteiger partial charge in [0.05, 0.1) is 5.52 Å². The lowest BCUT2D eigenvalue weighted by Crippen LogP contribution is -2.05. The van der Waals surface area contributed by atoms with Gasteiger partial charge in [0.2, 0.25) is 5.95 Å². The number of rotatable bonds is 3. The molecule has 1 aromatic heterocycles. The monoisotopic (exact) mass is 277 g/mol. The molecule has 2 heterocycles. The second-order valence-electron chi connectivity index (χ2n) is 5.18. The number of benzene rings is 2. The van der Waals surface area contributed by atoms with Crippen LogP contribution in [0.2, 0.25) is 0 Å². The molecule has 104 valence electrons. The third-order valence-electron chi connectivity index (χ3n) is 3.71. The van der Waals surface area contributed by atoms with Gasteiger partial charge in [-0.3, -0.25) is 0 Å². The number of para-hydroxylation sites is 1. The number of nitrogens with one attached hydrogen (secondary N) is 2. The molecule has 3 aromatic rings. The third kappa shape index (κ3) is 2.43. The highest BCUT2D eigenvalue weighted by molar-refractivity contribution is 5.74. The molecule has 0 fully saturated rings. The van der Waals surface area contributed by atoms with Crippen LogP contribution in [0.1, 0.15) is 16.7 Å². The summed E-state index contributed by atoms with van der Waals surface area (Å²) in [4.78, 5) is 4.47. The molecule has 5 nitrogen and oxygen atoms in total. The predicted molar refractivity (Wildman–Crippen MR) is 81.6 cm³/mol. The summed E-state index contributed by atoms with van der Waals surface area (Å²) in [5, 5.41) is 14.9. The minimum Gasteiger partial charge on any atom is -0.349 e. The molecule has 0 saturated heterocycles. The van der Waals surface area contributed by atoms with Crippen molar-refractivity contribution in [3.63, 3.8) is 0 Å². The van der Waals surface area contributed by atoms with Gasteiger partial charge < -0.3 is 10.6 Å². The van der Waals surface area contributed by atoms with Crippen LogP contribution in [0.3, 0.4) is 0 Å². The minimum atomic E-state index is 0.562. The average Bonchev–Trinajstić information content (AvgIpc) is 3.00. The van der Waals surface area contributed by atoms with Gasteiger partial charge in [-0.1, -0.05) is 30.3 Å². The number of hydrogen-bond donors (Lipinski definition) is 2. The van der Waals surface area contributed by atoms with Crippen LogP contribution in [0, 0.1) is 0 Å². The maximum Gasteiger partial charge on any atom is 0.243 e. The Bertz CT molecular complexity index is 800. The van der Waals surface area contributed by atoms with Crippen molar-refractivity contribution in [3.8, 4) is 0 Å². The zero-order chi connectivity index (χ0) is 14.1. The summed E-state index contributed by atoms with van der Waals surface area (Å²) in [6.07, 6.45) is 0. The van der Waals surface area contributed by atoms with Crippen LogP contribution >= 0.6 is 0 Å². The molecule has 0 bridgehead atoms. The van der Waals surface area contributed by atoms with E-state index in [1.54, 1.807) is 0 Å². The van der Waals surface area contributed by atoms with Crippen LogP contribution in [0.25, 0.3) is 11.0 Å². The van der Waals surface area contributed by atoms with Gasteiger partial charge in [-0.15, -0.1) is 10.2 Å². The maximum atomic E-state index is 4.47. The fraction of sp³-hybridized carbons (Fsp3) is 0.188. The van der Waals surface area contributed by atoms with Crippen molar-refractivity contribution < 1.29 is 0 Å². The lowest BCUT2D eigenvalue weighted by molar-refractivity contribution is 0.764. The van der Waals surface area contributed by atoms with Gasteiger partial charge >= 0.3 is 0 Å². The molecule has 0 radical (unpaired) electrons. The van der Waals surface area contributed by atoms with E-state index in [9.17, 15) is 0 Å². The summed E-state index contributed by atoms with van der Waals surface area (Å²) < 4.78 is 0. The van der Waals surface area contributed by atoms with Crippen molar-refractivity contribution in [2.75, 3.05) is 5.32 Å². The van der Waals surface area contributed by atoms with Crippen LogP contribution < -0.4 is 10.6 Å². The van der Waals surface area contributed by atoms with Gasteiger partial charge in [0.1, 0.15) is 5.52 Å². The van der Waals surface area contributed by atoms with E-state index in [1.165, 1.54) is 16.7 Å². The molecule has 21 heavy (non-hydrogen) atoms. The number of aromatic nitrogens is 3. The van der Waals surface area contributed by atoms with Crippen LogP contribution in [-0.4, -0.2) is 15.2 Å². The van der Waals surface area contributed by atoms with Crippen LogP contribution in [0.5, 0.6) is 0 Å². The topological polar surface area (TPSA) is 62.7 Å². The normalized spacial score (nSPS) is 13.3. The number of nitrogens with zero attached hydrogens (tertiary/aromatic N) is 3. The Morgan fingerprint density at radius 2 is 1.81 bits per heavy atom. The Hall–Kier alpha value is -2.53. The Kier molecular flexibility index (Phi) is 2.97. The molecule has 0 unspecified atom stereocenters. The summed E-state index contributed by atoms with van der Waals surface area (Å²) >= 11 is 0. The molecule has 1 aliphatic heterocycles.